The van der Waals surface area contributed by atoms with Crippen LogP contribution in [0.25, 0.3) is 0 Å². The highest BCUT2D eigenvalue weighted by molar-refractivity contribution is 5.85. The molecule has 0 aromatic carbocycles. The number of aliphatic hydroxyl groups is 1. The molecule has 0 bridgehead atoms. The van der Waals surface area contributed by atoms with E-state index in [0.29, 0.717) is 6.61 Å². The fourth-order valence-electron chi connectivity index (χ4n) is 8.64. The molecule has 0 saturated heterocycles. The lowest BCUT2D eigenvalue weighted by molar-refractivity contribution is -0.208. The van der Waals surface area contributed by atoms with E-state index < -0.39 is 11.0 Å². The Labute approximate surface area is 183 Å². The van der Waals surface area contributed by atoms with Gasteiger partial charge in [0.25, 0.3) is 0 Å². The first-order chi connectivity index (χ1) is 14.7. The van der Waals surface area contributed by atoms with Crippen LogP contribution < -0.4 is 0 Å². The zero-order valence-electron chi connectivity index (χ0n) is 18.6. The number of cyclic esters (lactones) is 1. The normalized spacial score (nSPS) is 48.7. The summed E-state index contributed by atoms with van der Waals surface area (Å²) in [5.41, 5.74) is -0.497. The third-order valence-corrected chi connectivity index (χ3v) is 10.1. The lowest BCUT2D eigenvalue weighted by Crippen LogP contribution is -2.63. The first kappa shape index (κ1) is 21.2. The smallest absolute Gasteiger partial charge is 0.331 e. The molecule has 0 aromatic heterocycles. The molecule has 1 heterocycles. The van der Waals surface area contributed by atoms with Crippen molar-refractivity contribution in [3.05, 3.63) is 11.6 Å². The van der Waals surface area contributed by atoms with E-state index in [0.717, 1.165) is 63.4 Å². The van der Waals surface area contributed by atoms with Crippen molar-refractivity contribution >= 4 is 18.2 Å². The topological polar surface area (TPSA) is 89.9 Å². The van der Waals surface area contributed by atoms with Crippen molar-refractivity contribution < 1.29 is 29.0 Å². The number of rotatable bonds is 3. The number of hydrogen-bond donors (Lipinski definition) is 1. The largest absolute Gasteiger partial charge is 0.463 e. The molecule has 0 spiro atoms. The lowest BCUT2D eigenvalue weighted by Gasteiger charge is -2.63. The van der Waals surface area contributed by atoms with Crippen molar-refractivity contribution in [3.8, 4) is 0 Å². The number of hydrogen-bond acceptors (Lipinski definition) is 6. The van der Waals surface area contributed by atoms with E-state index in [1.165, 1.54) is 13.2 Å². The standard InChI is InChI=1S/C25H34O6/c1-15(27)31-18-5-9-24(14-26)17(12-18)3-4-21-20(24)6-8-23(2)19(7-10-25(21,23)29)16-11-22(28)30-13-16/h11,14,17-21,29H,3-10,12-13H2,1-2H3/t17-,18?,19?,20+,21-,23?,24-,25?/m1/s1. The first-order valence-corrected chi connectivity index (χ1v) is 12.0. The maximum absolute atomic E-state index is 12.6. The summed E-state index contributed by atoms with van der Waals surface area (Å²) in [7, 11) is 0. The summed E-state index contributed by atoms with van der Waals surface area (Å²) < 4.78 is 10.7. The number of carbonyl (C=O) groups excluding carboxylic acids is 3. The minimum absolute atomic E-state index is 0.0910. The van der Waals surface area contributed by atoms with Crippen molar-refractivity contribution in [1.82, 2.24) is 0 Å². The minimum Gasteiger partial charge on any atom is -0.463 e. The molecule has 5 aliphatic rings. The van der Waals surface area contributed by atoms with Crippen LogP contribution in [0.2, 0.25) is 0 Å². The van der Waals surface area contributed by atoms with Gasteiger partial charge in [-0.15, -0.1) is 0 Å². The molecule has 0 aromatic rings. The molecular formula is C25H34O6. The second kappa shape index (κ2) is 7.16. The summed E-state index contributed by atoms with van der Waals surface area (Å²) in [6.45, 7) is 3.99. The van der Waals surface area contributed by atoms with Gasteiger partial charge in [-0.2, -0.15) is 0 Å². The van der Waals surface area contributed by atoms with Crippen molar-refractivity contribution in [2.75, 3.05) is 6.61 Å². The van der Waals surface area contributed by atoms with E-state index in [-0.39, 0.29) is 47.1 Å². The van der Waals surface area contributed by atoms with Crippen molar-refractivity contribution in [3.63, 3.8) is 0 Å². The molecule has 4 aliphatic carbocycles. The summed E-state index contributed by atoms with van der Waals surface area (Å²) in [4.78, 5) is 35.8. The Kier molecular flexibility index (Phi) is 4.89. The van der Waals surface area contributed by atoms with E-state index in [1.54, 1.807) is 6.08 Å². The molecule has 1 N–H and O–H groups in total. The van der Waals surface area contributed by atoms with Gasteiger partial charge in [0.1, 0.15) is 19.0 Å². The summed E-state index contributed by atoms with van der Waals surface area (Å²) in [6.07, 6.45) is 10.1. The second-order valence-corrected chi connectivity index (χ2v) is 11.0. The maximum atomic E-state index is 12.6. The van der Waals surface area contributed by atoms with Crippen LogP contribution >= 0.6 is 0 Å². The van der Waals surface area contributed by atoms with Crippen LogP contribution in [0.1, 0.15) is 71.6 Å². The van der Waals surface area contributed by atoms with Crippen LogP contribution in [0, 0.1) is 34.5 Å². The summed E-state index contributed by atoms with van der Waals surface area (Å²) >= 11 is 0. The number of carbonyl (C=O) groups is 3. The lowest BCUT2D eigenvalue weighted by atomic mass is 9.43. The van der Waals surface area contributed by atoms with E-state index in [9.17, 15) is 19.5 Å². The maximum Gasteiger partial charge on any atom is 0.331 e. The summed E-state index contributed by atoms with van der Waals surface area (Å²) in [5, 5.41) is 12.2. The van der Waals surface area contributed by atoms with Gasteiger partial charge < -0.3 is 19.4 Å². The Bertz CT molecular complexity index is 834. The van der Waals surface area contributed by atoms with Crippen molar-refractivity contribution in [2.24, 2.45) is 34.5 Å². The Morgan fingerprint density at radius 2 is 1.97 bits per heavy atom. The summed E-state index contributed by atoms with van der Waals surface area (Å²) in [5.74, 6) is 0.136. The highest BCUT2D eigenvalue weighted by Gasteiger charge is 2.68. The van der Waals surface area contributed by atoms with Gasteiger partial charge in [0.15, 0.2) is 0 Å². The quantitative estimate of drug-likeness (QED) is 0.546. The van der Waals surface area contributed by atoms with Gasteiger partial charge in [0.2, 0.25) is 0 Å². The van der Waals surface area contributed by atoms with Crippen molar-refractivity contribution in [2.45, 2.75) is 83.3 Å². The minimum atomic E-state index is -0.819. The zero-order valence-corrected chi connectivity index (χ0v) is 18.6. The molecule has 31 heavy (non-hydrogen) atoms. The monoisotopic (exact) mass is 430 g/mol. The van der Waals surface area contributed by atoms with Gasteiger partial charge in [0, 0.05) is 23.8 Å². The molecule has 5 rings (SSSR count). The average Bonchev–Trinajstić information content (AvgIpc) is 3.27. The first-order valence-electron chi connectivity index (χ1n) is 12.0. The van der Waals surface area contributed by atoms with Gasteiger partial charge >= 0.3 is 11.9 Å². The number of ether oxygens (including phenoxy) is 2. The Hall–Kier alpha value is -1.69. The Morgan fingerprint density at radius 3 is 2.65 bits per heavy atom. The van der Waals surface area contributed by atoms with Crippen LogP contribution in [0.5, 0.6) is 0 Å². The molecule has 4 fully saturated rings. The summed E-state index contributed by atoms with van der Waals surface area (Å²) in [6, 6.07) is 0. The van der Waals surface area contributed by atoms with E-state index in [2.05, 4.69) is 6.92 Å². The Morgan fingerprint density at radius 1 is 1.16 bits per heavy atom. The number of esters is 2. The highest BCUT2D eigenvalue weighted by atomic mass is 16.5. The van der Waals surface area contributed by atoms with E-state index >= 15 is 0 Å². The predicted octanol–water partition coefficient (Wildman–Crippen LogP) is 3.35. The van der Waals surface area contributed by atoms with Crippen LogP contribution in [0.4, 0.5) is 0 Å². The second-order valence-electron chi connectivity index (χ2n) is 11.0. The SMILES string of the molecule is CC(=O)OC1CC[C@@]2(C=O)[C@H](CC[C@@H]3[C@@H]2CCC2(C)C(C4=CC(=O)OC4)CCC32O)C1. The third kappa shape index (κ3) is 2.89. The molecule has 170 valence electrons. The molecule has 6 heteroatoms. The number of fused-ring (bicyclic) bond motifs is 5. The van der Waals surface area contributed by atoms with Gasteiger partial charge in [-0.3, -0.25) is 4.79 Å². The third-order valence-electron chi connectivity index (χ3n) is 10.1. The molecule has 6 nitrogen and oxygen atoms in total. The van der Waals surface area contributed by atoms with E-state index in [1.807, 2.05) is 0 Å². The van der Waals surface area contributed by atoms with E-state index in [4.69, 9.17) is 9.47 Å². The molecular weight excluding hydrogens is 396 g/mol. The fourth-order valence-corrected chi connectivity index (χ4v) is 8.64. The van der Waals surface area contributed by atoms with Gasteiger partial charge in [0.05, 0.1) is 5.60 Å². The average molecular weight is 431 g/mol. The van der Waals surface area contributed by atoms with Gasteiger partial charge in [-0.05, 0) is 87.0 Å². The highest BCUT2D eigenvalue weighted by Crippen LogP contribution is 2.69. The molecule has 0 amide bonds. The van der Waals surface area contributed by atoms with Crippen LogP contribution in [0.3, 0.4) is 0 Å². The molecule has 8 atom stereocenters. The molecule has 1 aliphatic heterocycles. The van der Waals surface area contributed by atoms with Crippen molar-refractivity contribution in [1.29, 1.82) is 0 Å². The van der Waals surface area contributed by atoms with Crippen LogP contribution in [0.15, 0.2) is 11.6 Å². The molecule has 4 saturated carbocycles. The van der Waals surface area contributed by atoms with Gasteiger partial charge in [-0.25, -0.2) is 4.79 Å². The van der Waals surface area contributed by atoms with Crippen LogP contribution in [-0.4, -0.2) is 41.6 Å². The van der Waals surface area contributed by atoms with Crippen LogP contribution in [-0.2, 0) is 23.9 Å². The molecule has 0 radical (unpaired) electrons. The van der Waals surface area contributed by atoms with Gasteiger partial charge in [-0.1, -0.05) is 6.92 Å². The Balaban J connectivity index is 1.43. The fraction of sp³-hybridized carbons (Fsp3) is 0.800. The zero-order chi connectivity index (χ0) is 22.0. The predicted molar refractivity (Wildman–Crippen MR) is 112 cm³/mol. The molecule has 4 unspecified atom stereocenters. The number of aldehydes is 1.